The van der Waals surface area contributed by atoms with Crippen molar-refractivity contribution in [2.24, 2.45) is 0 Å². The number of likely N-dealkylation sites (N-methyl/N-ethyl adjacent to an activating group) is 1. The molecule has 1 aromatic rings. The predicted molar refractivity (Wildman–Crippen MR) is 83.1 cm³/mol. The summed E-state index contributed by atoms with van der Waals surface area (Å²) in [4.78, 5) is 12.0. The van der Waals surface area contributed by atoms with Crippen molar-refractivity contribution in [2.75, 3.05) is 40.9 Å². The topological polar surface area (TPSA) is 76.1 Å². The highest BCUT2D eigenvalue weighted by molar-refractivity contribution is 7.86. The van der Waals surface area contributed by atoms with Crippen molar-refractivity contribution in [3.63, 3.8) is 0 Å². The molecule has 8 heteroatoms. The SMILES string of the molecule is CCOc1ccccc1C(=O)OCCN(C)S(=O)(=O)N(C)C. The molecule has 0 atom stereocenters. The minimum atomic E-state index is -3.51. The first kappa shape index (κ1) is 18.4. The summed E-state index contributed by atoms with van der Waals surface area (Å²) < 4.78 is 36.3. The fourth-order valence-corrected chi connectivity index (χ4v) is 2.52. The van der Waals surface area contributed by atoms with E-state index in [0.29, 0.717) is 17.9 Å². The van der Waals surface area contributed by atoms with Crippen LogP contribution in [0.5, 0.6) is 5.75 Å². The van der Waals surface area contributed by atoms with E-state index >= 15 is 0 Å². The van der Waals surface area contributed by atoms with Gasteiger partial charge < -0.3 is 9.47 Å². The third-order valence-electron chi connectivity index (χ3n) is 2.90. The van der Waals surface area contributed by atoms with Gasteiger partial charge in [0.05, 0.1) is 6.61 Å². The first-order valence-electron chi connectivity index (χ1n) is 6.83. The van der Waals surface area contributed by atoms with E-state index in [1.54, 1.807) is 24.3 Å². The first-order chi connectivity index (χ1) is 10.3. The standard InChI is InChI=1S/C14H22N2O5S/c1-5-20-13-9-7-6-8-12(13)14(17)21-11-10-16(4)22(18,19)15(2)3/h6-9H,5,10-11H2,1-4H3. The first-order valence-corrected chi connectivity index (χ1v) is 8.23. The molecule has 0 amide bonds. The van der Waals surface area contributed by atoms with Crippen LogP contribution >= 0.6 is 0 Å². The van der Waals surface area contributed by atoms with Gasteiger partial charge in [-0.25, -0.2) is 4.79 Å². The summed E-state index contributed by atoms with van der Waals surface area (Å²) in [5.41, 5.74) is 0.322. The zero-order valence-electron chi connectivity index (χ0n) is 13.3. The summed E-state index contributed by atoms with van der Waals surface area (Å²) in [5, 5.41) is 0. The molecule has 22 heavy (non-hydrogen) atoms. The average Bonchev–Trinajstić information content (AvgIpc) is 2.47. The molecule has 0 aliphatic carbocycles. The van der Waals surface area contributed by atoms with E-state index in [-0.39, 0.29) is 13.2 Å². The number of carbonyl (C=O) groups excluding carboxylic acids is 1. The van der Waals surface area contributed by atoms with Crippen molar-refractivity contribution in [1.29, 1.82) is 0 Å². The van der Waals surface area contributed by atoms with E-state index in [4.69, 9.17) is 9.47 Å². The number of ether oxygens (including phenoxy) is 2. The van der Waals surface area contributed by atoms with Gasteiger partial charge in [-0.2, -0.15) is 17.0 Å². The fourth-order valence-electron chi connectivity index (χ4n) is 1.66. The number of benzene rings is 1. The van der Waals surface area contributed by atoms with Crippen LogP contribution in [0, 0.1) is 0 Å². The van der Waals surface area contributed by atoms with Gasteiger partial charge in [0.25, 0.3) is 10.2 Å². The summed E-state index contributed by atoms with van der Waals surface area (Å²) in [6.45, 7) is 2.29. The number of nitrogens with zero attached hydrogens (tertiary/aromatic N) is 2. The summed E-state index contributed by atoms with van der Waals surface area (Å²) in [6, 6.07) is 6.76. The Hall–Kier alpha value is -1.64. The maximum atomic E-state index is 12.0. The third kappa shape index (κ3) is 4.69. The van der Waals surface area contributed by atoms with Gasteiger partial charge in [0.1, 0.15) is 17.9 Å². The molecule has 0 bridgehead atoms. The molecule has 1 aromatic carbocycles. The van der Waals surface area contributed by atoms with Crippen molar-refractivity contribution in [3.05, 3.63) is 29.8 Å². The van der Waals surface area contributed by atoms with Gasteiger partial charge in [-0.3, -0.25) is 0 Å². The maximum absolute atomic E-state index is 12.0. The highest BCUT2D eigenvalue weighted by Crippen LogP contribution is 2.18. The number of para-hydroxylation sites is 1. The predicted octanol–water partition coefficient (Wildman–Crippen LogP) is 0.980. The second-order valence-electron chi connectivity index (χ2n) is 4.68. The molecule has 0 aromatic heterocycles. The lowest BCUT2D eigenvalue weighted by atomic mass is 10.2. The number of hydrogen-bond acceptors (Lipinski definition) is 5. The Balaban J connectivity index is 2.61. The van der Waals surface area contributed by atoms with Crippen molar-refractivity contribution in [1.82, 2.24) is 8.61 Å². The molecule has 0 spiro atoms. The van der Waals surface area contributed by atoms with Crippen LogP contribution in [-0.4, -0.2) is 63.9 Å². The molecule has 0 aliphatic rings. The van der Waals surface area contributed by atoms with Crippen molar-refractivity contribution in [2.45, 2.75) is 6.92 Å². The van der Waals surface area contributed by atoms with Crippen molar-refractivity contribution >= 4 is 16.2 Å². The fraction of sp³-hybridized carbons (Fsp3) is 0.500. The zero-order chi connectivity index (χ0) is 16.8. The van der Waals surface area contributed by atoms with Crippen LogP contribution < -0.4 is 4.74 Å². The molecule has 0 N–H and O–H groups in total. The molecule has 0 saturated heterocycles. The van der Waals surface area contributed by atoms with Gasteiger partial charge in [0.2, 0.25) is 0 Å². The second kappa shape index (κ2) is 8.11. The van der Waals surface area contributed by atoms with Gasteiger partial charge in [-0.05, 0) is 19.1 Å². The van der Waals surface area contributed by atoms with Gasteiger partial charge in [0, 0.05) is 27.7 Å². The summed E-state index contributed by atoms with van der Waals surface area (Å²) in [6.07, 6.45) is 0. The molecule has 0 fully saturated rings. The summed E-state index contributed by atoms with van der Waals surface area (Å²) in [5.74, 6) is -0.0935. The molecular formula is C14H22N2O5S. The lowest BCUT2D eigenvalue weighted by Crippen LogP contribution is -2.39. The van der Waals surface area contributed by atoms with E-state index in [1.807, 2.05) is 6.92 Å². The summed E-state index contributed by atoms with van der Waals surface area (Å²) in [7, 11) is 0.804. The van der Waals surface area contributed by atoms with Crippen LogP contribution in [0.3, 0.4) is 0 Å². The van der Waals surface area contributed by atoms with Crippen molar-refractivity contribution in [3.8, 4) is 5.75 Å². The highest BCUT2D eigenvalue weighted by atomic mass is 32.2. The lowest BCUT2D eigenvalue weighted by Gasteiger charge is -2.21. The Morgan fingerprint density at radius 2 is 1.82 bits per heavy atom. The minimum Gasteiger partial charge on any atom is -0.493 e. The molecule has 0 radical (unpaired) electrons. The molecule has 0 saturated carbocycles. The average molecular weight is 330 g/mol. The Morgan fingerprint density at radius 3 is 2.41 bits per heavy atom. The Kier molecular flexibility index (Phi) is 6.79. The van der Waals surface area contributed by atoms with Gasteiger partial charge in [-0.1, -0.05) is 12.1 Å². The number of rotatable bonds is 8. The van der Waals surface area contributed by atoms with Gasteiger partial charge in [0.15, 0.2) is 0 Å². The van der Waals surface area contributed by atoms with Gasteiger partial charge >= 0.3 is 5.97 Å². The van der Waals surface area contributed by atoms with Crippen LogP contribution in [-0.2, 0) is 14.9 Å². The molecule has 0 heterocycles. The van der Waals surface area contributed by atoms with Crippen LogP contribution in [0.1, 0.15) is 17.3 Å². The molecule has 124 valence electrons. The normalized spacial score (nSPS) is 11.7. The minimum absolute atomic E-state index is 0.0388. The highest BCUT2D eigenvalue weighted by Gasteiger charge is 2.21. The van der Waals surface area contributed by atoms with Crippen LogP contribution in [0.4, 0.5) is 0 Å². The third-order valence-corrected chi connectivity index (χ3v) is 4.79. The van der Waals surface area contributed by atoms with E-state index in [0.717, 1.165) is 8.61 Å². The Labute approximate surface area is 131 Å². The smallest absolute Gasteiger partial charge is 0.341 e. The molecular weight excluding hydrogens is 308 g/mol. The van der Waals surface area contributed by atoms with Gasteiger partial charge in [-0.15, -0.1) is 0 Å². The molecule has 1 rings (SSSR count). The van der Waals surface area contributed by atoms with Crippen molar-refractivity contribution < 1.29 is 22.7 Å². The maximum Gasteiger partial charge on any atom is 0.341 e. The van der Waals surface area contributed by atoms with Crippen LogP contribution in [0.25, 0.3) is 0 Å². The molecule has 0 aliphatic heterocycles. The monoisotopic (exact) mass is 330 g/mol. The number of esters is 1. The van der Waals surface area contributed by atoms with E-state index in [2.05, 4.69) is 0 Å². The quantitative estimate of drug-likeness (QED) is 0.664. The van der Waals surface area contributed by atoms with E-state index in [1.165, 1.54) is 21.1 Å². The second-order valence-corrected chi connectivity index (χ2v) is 6.93. The number of carbonyl (C=O) groups is 1. The van der Waals surface area contributed by atoms with E-state index in [9.17, 15) is 13.2 Å². The molecule has 7 nitrogen and oxygen atoms in total. The summed E-state index contributed by atoms with van der Waals surface area (Å²) >= 11 is 0. The lowest BCUT2D eigenvalue weighted by molar-refractivity contribution is 0.0488. The van der Waals surface area contributed by atoms with E-state index < -0.39 is 16.2 Å². The van der Waals surface area contributed by atoms with Crippen LogP contribution in [0.2, 0.25) is 0 Å². The Bertz CT molecular complexity index is 601. The number of hydrogen-bond donors (Lipinski definition) is 0. The largest absolute Gasteiger partial charge is 0.493 e. The molecule has 0 unspecified atom stereocenters. The Morgan fingerprint density at radius 1 is 1.18 bits per heavy atom. The van der Waals surface area contributed by atoms with Crippen LogP contribution in [0.15, 0.2) is 24.3 Å². The zero-order valence-corrected chi connectivity index (χ0v) is 14.1.